The number of nitrogens with one attached hydrogen (secondary N) is 1. The van der Waals surface area contributed by atoms with Crippen molar-refractivity contribution in [1.29, 1.82) is 0 Å². The summed E-state index contributed by atoms with van der Waals surface area (Å²) in [4.78, 5) is 29.4. The normalized spacial score (nSPS) is 32.2. The van der Waals surface area contributed by atoms with Crippen molar-refractivity contribution in [3.63, 3.8) is 0 Å². The Bertz CT molecular complexity index is 774. The fourth-order valence-corrected chi connectivity index (χ4v) is 5.33. The molecule has 7 heteroatoms. The molecule has 29 heavy (non-hydrogen) atoms. The van der Waals surface area contributed by atoms with E-state index in [1.54, 1.807) is 0 Å². The molecule has 2 amide bonds. The van der Waals surface area contributed by atoms with Crippen LogP contribution in [0, 0.1) is 5.82 Å². The largest absolute Gasteiger partial charge is 0.390 e. The van der Waals surface area contributed by atoms with E-state index < -0.39 is 17.3 Å². The highest BCUT2D eigenvalue weighted by Crippen LogP contribution is 2.38. The molecule has 3 fully saturated rings. The quantitative estimate of drug-likeness (QED) is 0.806. The molecule has 2 N–H and O–H groups in total. The van der Waals surface area contributed by atoms with Gasteiger partial charge < -0.3 is 15.3 Å². The molecule has 158 valence electrons. The lowest BCUT2D eigenvalue weighted by Gasteiger charge is -2.40. The van der Waals surface area contributed by atoms with Gasteiger partial charge in [-0.05, 0) is 63.6 Å². The van der Waals surface area contributed by atoms with E-state index in [1.807, 2.05) is 11.8 Å². The van der Waals surface area contributed by atoms with Crippen LogP contribution in [0.25, 0.3) is 0 Å². The summed E-state index contributed by atoms with van der Waals surface area (Å²) in [6, 6.07) is 6.54. The number of carbonyl (C=O) groups is 2. The summed E-state index contributed by atoms with van der Waals surface area (Å²) in [6.45, 7) is 3.56. The van der Waals surface area contributed by atoms with Crippen LogP contribution >= 0.6 is 0 Å². The maximum Gasteiger partial charge on any atom is 0.251 e. The van der Waals surface area contributed by atoms with Gasteiger partial charge in [0.15, 0.2) is 0 Å². The molecule has 2 heterocycles. The first-order chi connectivity index (χ1) is 13.8. The first-order valence-electron chi connectivity index (χ1n) is 10.7. The molecule has 2 atom stereocenters. The van der Waals surface area contributed by atoms with E-state index in [9.17, 15) is 19.1 Å². The number of carbonyl (C=O) groups excluding carboxylic acids is 2. The van der Waals surface area contributed by atoms with Crippen molar-refractivity contribution in [2.45, 2.75) is 69.2 Å². The molecule has 0 unspecified atom stereocenters. The van der Waals surface area contributed by atoms with Gasteiger partial charge in [-0.1, -0.05) is 6.07 Å². The molecule has 4 rings (SSSR count). The van der Waals surface area contributed by atoms with E-state index in [0.717, 1.165) is 45.1 Å². The average Bonchev–Trinajstić information content (AvgIpc) is 3.28. The maximum atomic E-state index is 13.3. The fraction of sp³-hybridized carbons (Fsp3) is 0.636. The Kier molecular flexibility index (Phi) is 5.62. The number of hydrogen-bond acceptors (Lipinski definition) is 4. The third-order valence-electron chi connectivity index (χ3n) is 6.93. The van der Waals surface area contributed by atoms with Crippen molar-refractivity contribution in [2.24, 2.45) is 0 Å². The molecular weight excluding hydrogens is 373 g/mol. The minimum Gasteiger partial charge on any atom is -0.390 e. The monoisotopic (exact) mass is 403 g/mol. The van der Waals surface area contributed by atoms with Crippen LogP contribution in [-0.4, -0.2) is 70.1 Å². The van der Waals surface area contributed by atoms with E-state index in [4.69, 9.17) is 0 Å². The van der Waals surface area contributed by atoms with E-state index in [0.29, 0.717) is 18.6 Å². The van der Waals surface area contributed by atoms with Crippen LogP contribution in [0.4, 0.5) is 4.39 Å². The molecule has 1 saturated carbocycles. The Morgan fingerprint density at radius 1 is 1.17 bits per heavy atom. The van der Waals surface area contributed by atoms with Crippen LogP contribution in [-0.2, 0) is 4.79 Å². The number of nitrogens with zero attached hydrogens (tertiary/aromatic N) is 2. The standard InChI is InChI=1S/C22H30FN3O3/c1-22(29)9-5-17(6-10-22)25-11-7-19-18(25)8-12-26(19)20(27)14-24-21(28)15-3-2-4-16(23)13-15/h2-4,13,17-19,29H,5-12,14H2,1H3,(H,24,28)/t17?,18-,19-,22?/m0/s1. The van der Waals surface area contributed by atoms with Crippen molar-refractivity contribution in [2.75, 3.05) is 19.6 Å². The highest BCUT2D eigenvalue weighted by atomic mass is 19.1. The van der Waals surface area contributed by atoms with Gasteiger partial charge >= 0.3 is 0 Å². The summed E-state index contributed by atoms with van der Waals surface area (Å²) >= 11 is 0. The SMILES string of the molecule is CC1(O)CCC(N2CC[C@H]3[C@@H]2CCN3C(=O)CNC(=O)c2cccc(F)c2)CC1. The molecule has 1 aliphatic carbocycles. The number of rotatable bonds is 4. The maximum absolute atomic E-state index is 13.3. The zero-order chi connectivity index (χ0) is 20.6. The van der Waals surface area contributed by atoms with Crippen LogP contribution in [0.5, 0.6) is 0 Å². The molecule has 0 spiro atoms. The topological polar surface area (TPSA) is 72.9 Å². The number of halogens is 1. The van der Waals surface area contributed by atoms with Gasteiger partial charge in [0, 0.05) is 36.8 Å². The molecule has 6 nitrogen and oxygen atoms in total. The molecule has 3 aliphatic rings. The Morgan fingerprint density at radius 2 is 1.90 bits per heavy atom. The number of amides is 2. The van der Waals surface area contributed by atoms with Gasteiger partial charge in [-0.25, -0.2) is 4.39 Å². The number of hydrogen-bond donors (Lipinski definition) is 2. The highest BCUT2D eigenvalue weighted by molar-refractivity contribution is 5.96. The molecule has 2 aliphatic heterocycles. The molecule has 1 aromatic rings. The van der Waals surface area contributed by atoms with Crippen molar-refractivity contribution < 1.29 is 19.1 Å². The Labute approximate surface area is 171 Å². The van der Waals surface area contributed by atoms with E-state index in [-0.39, 0.29) is 24.1 Å². The Balaban J connectivity index is 1.31. The van der Waals surface area contributed by atoms with Crippen LogP contribution in [0.2, 0.25) is 0 Å². The van der Waals surface area contributed by atoms with Crippen LogP contribution < -0.4 is 5.32 Å². The summed E-state index contributed by atoms with van der Waals surface area (Å²) < 4.78 is 13.3. The molecule has 1 aromatic carbocycles. The average molecular weight is 403 g/mol. The van der Waals surface area contributed by atoms with Gasteiger partial charge in [0.25, 0.3) is 5.91 Å². The minimum atomic E-state index is -0.535. The number of benzene rings is 1. The smallest absolute Gasteiger partial charge is 0.251 e. The summed E-state index contributed by atoms with van der Waals surface area (Å²) in [5.41, 5.74) is -0.315. The lowest BCUT2D eigenvalue weighted by Crippen LogP contribution is -2.47. The Morgan fingerprint density at radius 3 is 2.62 bits per heavy atom. The first kappa shape index (κ1) is 20.3. The van der Waals surface area contributed by atoms with Gasteiger partial charge in [0.05, 0.1) is 12.1 Å². The lowest BCUT2D eigenvalue weighted by atomic mass is 9.83. The predicted molar refractivity (Wildman–Crippen MR) is 107 cm³/mol. The fourth-order valence-electron chi connectivity index (χ4n) is 5.33. The predicted octanol–water partition coefficient (Wildman–Crippen LogP) is 1.92. The second-order valence-electron chi connectivity index (χ2n) is 8.96. The van der Waals surface area contributed by atoms with Crippen molar-refractivity contribution in [3.8, 4) is 0 Å². The second-order valence-corrected chi connectivity index (χ2v) is 8.96. The van der Waals surface area contributed by atoms with E-state index >= 15 is 0 Å². The zero-order valence-corrected chi connectivity index (χ0v) is 16.9. The number of likely N-dealkylation sites (tertiary alicyclic amines) is 2. The molecule has 0 bridgehead atoms. The van der Waals surface area contributed by atoms with Crippen molar-refractivity contribution in [1.82, 2.24) is 15.1 Å². The van der Waals surface area contributed by atoms with Crippen LogP contribution in [0.3, 0.4) is 0 Å². The minimum absolute atomic E-state index is 0.0646. The Hall–Kier alpha value is -1.99. The van der Waals surface area contributed by atoms with Gasteiger partial charge in [-0.15, -0.1) is 0 Å². The first-order valence-corrected chi connectivity index (χ1v) is 10.7. The summed E-state index contributed by atoms with van der Waals surface area (Å²) in [7, 11) is 0. The third-order valence-corrected chi connectivity index (χ3v) is 6.93. The number of aliphatic hydroxyl groups is 1. The van der Waals surface area contributed by atoms with Crippen molar-refractivity contribution >= 4 is 11.8 Å². The number of fused-ring (bicyclic) bond motifs is 1. The summed E-state index contributed by atoms with van der Waals surface area (Å²) in [6.07, 6.45) is 5.60. The van der Waals surface area contributed by atoms with Gasteiger partial charge in [0.2, 0.25) is 5.91 Å². The lowest BCUT2D eigenvalue weighted by molar-refractivity contribution is -0.130. The molecular formula is C22H30FN3O3. The van der Waals surface area contributed by atoms with E-state index in [1.165, 1.54) is 24.3 Å². The summed E-state index contributed by atoms with van der Waals surface area (Å²) in [5.74, 6) is -0.979. The molecule has 0 radical (unpaired) electrons. The van der Waals surface area contributed by atoms with Gasteiger partial charge in [-0.2, -0.15) is 0 Å². The highest BCUT2D eigenvalue weighted by Gasteiger charge is 2.47. The third kappa shape index (κ3) is 4.31. The molecule has 2 saturated heterocycles. The van der Waals surface area contributed by atoms with Crippen LogP contribution in [0.1, 0.15) is 55.8 Å². The summed E-state index contributed by atoms with van der Waals surface area (Å²) in [5, 5.41) is 12.8. The van der Waals surface area contributed by atoms with Gasteiger partial charge in [-0.3, -0.25) is 14.5 Å². The van der Waals surface area contributed by atoms with E-state index in [2.05, 4.69) is 10.2 Å². The molecule has 0 aromatic heterocycles. The second kappa shape index (κ2) is 8.03. The van der Waals surface area contributed by atoms with Gasteiger partial charge in [0.1, 0.15) is 5.82 Å². The zero-order valence-electron chi connectivity index (χ0n) is 16.9. The van der Waals surface area contributed by atoms with Crippen LogP contribution in [0.15, 0.2) is 24.3 Å². The van der Waals surface area contributed by atoms with Crippen molar-refractivity contribution in [3.05, 3.63) is 35.6 Å².